The summed E-state index contributed by atoms with van der Waals surface area (Å²) in [6.45, 7) is 1.15. The molecule has 0 bridgehead atoms. The Hall–Kier alpha value is -1.63. The Labute approximate surface area is 114 Å². The molecule has 2 rings (SSSR count). The van der Waals surface area contributed by atoms with E-state index in [2.05, 4.69) is 9.97 Å². The second-order valence-corrected chi connectivity index (χ2v) is 4.48. The van der Waals surface area contributed by atoms with Gasteiger partial charge in [0.1, 0.15) is 12.0 Å². The fourth-order valence-corrected chi connectivity index (χ4v) is 2.05. The van der Waals surface area contributed by atoms with Crippen LogP contribution < -0.4 is 10.5 Å². The van der Waals surface area contributed by atoms with Crippen molar-refractivity contribution in [2.24, 2.45) is 0 Å². The van der Waals surface area contributed by atoms with Gasteiger partial charge in [0.2, 0.25) is 5.91 Å². The lowest BCUT2D eigenvalue weighted by molar-refractivity contribution is -0.130. The van der Waals surface area contributed by atoms with E-state index < -0.39 is 5.82 Å². The molecule has 0 saturated carbocycles. The highest BCUT2D eigenvalue weighted by Crippen LogP contribution is 2.17. The summed E-state index contributed by atoms with van der Waals surface area (Å²) in [5.74, 6) is -1.000. The van der Waals surface area contributed by atoms with Crippen molar-refractivity contribution in [3.8, 4) is 6.01 Å². The molecule has 2 N–H and O–H groups in total. The topological polar surface area (TPSA) is 81.3 Å². The number of piperidine rings is 1. The van der Waals surface area contributed by atoms with Crippen LogP contribution in [0.1, 0.15) is 12.8 Å². The molecule has 1 fully saturated rings. The average molecular weight is 289 g/mol. The number of carbonyl (C=O) groups excluding carboxylic acids is 1. The monoisotopic (exact) mass is 288 g/mol. The Bertz CT molecular complexity index is 466. The Morgan fingerprint density at radius 3 is 2.84 bits per heavy atom. The molecule has 0 radical (unpaired) electrons. The Balaban J connectivity index is 1.88. The molecule has 104 valence electrons. The number of nitrogens with two attached hydrogens (primary N) is 1. The van der Waals surface area contributed by atoms with Crippen molar-refractivity contribution >= 4 is 23.3 Å². The van der Waals surface area contributed by atoms with Gasteiger partial charge in [0.25, 0.3) is 0 Å². The first-order chi connectivity index (χ1) is 9.10. The van der Waals surface area contributed by atoms with Crippen LogP contribution in [0.15, 0.2) is 6.20 Å². The van der Waals surface area contributed by atoms with Gasteiger partial charge in [-0.15, -0.1) is 11.6 Å². The number of anilines is 1. The molecule has 0 spiro atoms. The molecule has 8 heteroatoms. The third-order valence-electron chi connectivity index (χ3n) is 2.93. The summed E-state index contributed by atoms with van der Waals surface area (Å²) in [6.07, 6.45) is 2.18. The van der Waals surface area contributed by atoms with E-state index in [1.807, 2.05) is 0 Å². The maximum atomic E-state index is 12.9. The normalized spacial score (nSPS) is 16.4. The lowest BCUT2D eigenvalue weighted by Gasteiger charge is -2.31. The van der Waals surface area contributed by atoms with Gasteiger partial charge >= 0.3 is 6.01 Å². The molecule has 19 heavy (non-hydrogen) atoms. The number of nitrogens with zero attached hydrogens (tertiary/aromatic N) is 3. The van der Waals surface area contributed by atoms with Gasteiger partial charge in [0.15, 0.2) is 11.6 Å². The van der Waals surface area contributed by atoms with Crippen molar-refractivity contribution in [3.63, 3.8) is 0 Å². The van der Waals surface area contributed by atoms with E-state index in [4.69, 9.17) is 22.1 Å². The lowest BCUT2D eigenvalue weighted by atomic mass is 10.1. The third kappa shape index (κ3) is 3.44. The van der Waals surface area contributed by atoms with Crippen LogP contribution in [0.5, 0.6) is 6.01 Å². The molecule has 1 aromatic heterocycles. The van der Waals surface area contributed by atoms with Crippen LogP contribution in [-0.4, -0.2) is 45.8 Å². The maximum Gasteiger partial charge on any atom is 0.318 e. The highest BCUT2D eigenvalue weighted by molar-refractivity contribution is 6.27. The average Bonchev–Trinajstić information content (AvgIpc) is 2.43. The van der Waals surface area contributed by atoms with Crippen molar-refractivity contribution in [1.29, 1.82) is 0 Å². The molecule has 1 amide bonds. The first-order valence-corrected chi connectivity index (χ1v) is 6.42. The zero-order valence-corrected chi connectivity index (χ0v) is 10.9. The van der Waals surface area contributed by atoms with Crippen molar-refractivity contribution in [3.05, 3.63) is 12.0 Å². The van der Waals surface area contributed by atoms with Crippen molar-refractivity contribution in [2.45, 2.75) is 18.9 Å². The minimum Gasteiger partial charge on any atom is -0.460 e. The van der Waals surface area contributed by atoms with E-state index in [1.165, 1.54) is 0 Å². The van der Waals surface area contributed by atoms with Crippen LogP contribution in [0.25, 0.3) is 0 Å². The number of likely N-dealkylation sites (tertiary alicyclic amines) is 1. The quantitative estimate of drug-likeness (QED) is 0.832. The number of halogens is 2. The van der Waals surface area contributed by atoms with Crippen LogP contribution in [0.4, 0.5) is 10.2 Å². The minimum atomic E-state index is -0.671. The first-order valence-electron chi connectivity index (χ1n) is 5.88. The first kappa shape index (κ1) is 13.8. The van der Waals surface area contributed by atoms with E-state index in [-0.39, 0.29) is 29.7 Å². The number of ether oxygens (including phenoxy) is 1. The van der Waals surface area contributed by atoms with Gasteiger partial charge in [-0.1, -0.05) is 0 Å². The lowest BCUT2D eigenvalue weighted by Crippen LogP contribution is -2.42. The summed E-state index contributed by atoms with van der Waals surface area (Å²) >= 11 is 5.49. The van der Waals surface area contributed by atoms with Crippen LogP contribution >= 0.6 is 11.6 Å². The number of hydrogen-bond donors (Lipinski definition) is 1. The molecule has 1 aliphatic heterocycles. The number of carbonyl (C=O) groups is 1. The number of rotatable bonds is 3. The van der Waals surface area contributed by atoms with E-state index in [0.29, 0.717) is 25.9 Å². The minimum absolute atomic E-state index is 0.0108. The molecule has 1 aromatic rings. The fourth-order valence-electron chi connectivity index (χ4n) is 1.88. The van der Waals surface area contributed by atoms with E-state index >= 15 is 0 Å². The Morgan fingerprint density at radius 1 is 1.58 bits per heavy atom. The van der Waals surface area contributed by atoms with E-state index in [9.17, 15) is 9.18 Å². The second kappa shape index (κ2) is 6.01. The van der Waals surface area contributed by atoms with Gasteiger partial charge in [-0.05, 0) is 0 Å². The summed E-state index contributed by atoms with van der Waals surface area (Å²) in [5.41, 5.74) is 5.33. The SMILES string of the molecule is Nc1nc(OC2CCN(C(=O)CCl)CC2)ncc1F. The summed E-state index contributed by atoms with van der Waals surface area (Å²) in [5, 5.41) is 0. The standard InChI is InChI=1S/C11H14ClFN4O2/c12-5-9(18)17-3-1-7(2-4-17)19-11-15-6-8(13)10(14)16-11/h6-7H,1-5H2,(H2,14,15,16). The molecule has 6 nitrogen and oxygen atoms in total. The van der Waals surface area contributed by atoms with Gasteiger partial charge in [0.05, 0.1) is 6.20 Å². The van der Waals surface area contributed by atoms with Gasteiger partial charge in [0, 0.05) is 25.9 Å². The molecule has 1 aliphatic rings. The molecule has 0 aliphatic carbocycles. The zero-order valence-electron chi connectivity index (χ0n) is 10.2. The predicted octanol–water partition coefficient (Wildman–Crippen LogP) is 0.806. The van der Waals surface area contributed by atoms with Crippen LogP contribution in [0.2, 0.25) is 0 Å². The molecule has 2 heterocycles. The molecular formula is C11H14ClFN4O2. The van der Waals surface area contributed by atoms with Crippen molar-refractivity contribution in [2.75, 3.05) is 24.7 Å². The number of amides is 1. The van der Waals surface area contributed by atoms with Gasteiger partial charge in [-0.2, -0.15) is 4.98 Å². The van der Waals surface area contributed by atoms with Crippen LogP contribution in [0, 0.1) is 5.82 Å². The van der Waals surface area contributed by atoms with Crippen LogP contribution in [-0.2, 0) is 4.79 Å². The number of hydrogen-bond acceptors (Lipinski definition) is 5. The highest BCUT2D eigenvalue weighted by atomic mass is 35.5. The number of aromatic nitrogens is 2. The molecule has 0 aromatic carbocycles. The van der Waals surface area contributed by atoms with Gasteiger partial charge < -0.3 is 15.4 Å². The zero-order chi connectivity index (χ0) is 13.8. The van der Waals surface area contributed by atoms with E-state index in [1.54, 1.807) is 4.90 Å². The highest BCUT2D eigenvalue weighted by Gasteiger charge is 2.24. The predicted molar refractivity (Wildman–Crippen MR) is 67.4 cm³/mol. The summed E-state index contributed by atoms with van der Waals surface area (Å²) in [4.78, 5) is 20.5. The molecular weight excluding hydrogens is 275 g/mol. The fraction of sp³-hybridized carbons (Fsp3) is 0.545. The van der Waals surface area contributed by atoms with Crippen LogP contribution in [0.3, 0.4) is 0 Å². The van der Waals surface area contributed by atoms with Crippen molar-refractivity contribution < 1.29 is 13.9 Å². The maximum absolute atomic E-state index is 12.9. The third-order valence-corrected chi connectivity index (χ3v) is 3.16. The Morgan fingerprint density at radius 2 is 2.26 bits per heavy atom. The molecule has 0 unspecified atom stereocenters. The van der Waals surface area contributed by atoms with Gasteiger partial charge in [-0.3, -0.25) is 4.79 Å². The van der Waals surface area contributed by atoms with E-state index in [0.717, 1.165) is 6.20 Å². The second-order valence-electron chi connectivity index (χ2n) is 4.22. The number of alkyl halides is 1. The number of nitrogen functional groups attached to an aromatic ring is 1. The van der Waals surface area contributed by atoms with Gasteiger partial charge in [-0.25, -0.2) is 9.37 Å². The summed E-state index contributed by atoms with van der Waals surface area (Å²) in [6, 6.07) is 0.0565. The summed E-state index contributed by atoms with van der Waals surface area (Å²) in [7, 11) is 0. The van der Waals surface area contributed by atoms with Crippen molar-refractivity contribution in [1.82, 2.24) is 14.9 Å². The molecule has 1 saturated heterocycles. The smallest absolute Gasteiger partial charge is 0.318 e. The molecule has 0 atom stereocenters. The Kier molecular flexibility index (Phi) is 4.36. The summed E-state index contributed by atoms with van der Waals surface area (Å²) < 4.78 is 18.4. The largest absolute Gasteiger partial charge is 0.460 e.